The first kappa shape index (κ1) is 20.4. The van der Waals surface area contributed by atoms with E-state index in [0.717, 1.165) is 59.2 Å². The molecular formula is C22H24BrN5O2. The van der Waals surface area contributed by atoms with Gasteiger partial charge in [-0.05, 0) is 46.6 Å². The Labute approximate surface area is 184 Å². The van der Waals surface area contributed by atoms with E-state index < -0.39 is 0 Å². The molecule has 30 heavy (non-hydrogen) atoms. The van der Waals surface area contributed by atoms with Gasteiger partial charge >= 0.3 is 0 Å². The number of aryl methyl sites for hydroxylation is 1. The lowest BCUT2D eigenvalue weighted by Gasteiger charge is -2.29. The number of anilines is 5. The second-order valence-electron chi connectivity index (χ2n) is 6.94. The van der Waals surface area contributed by atoms with Crippen LogP contribution in [0.25, 0.3) is 0 Å². The molecule has 1 aromatic heterocycles. The van der Waals surface area contributed by atoms with Crippen molar-refractivity contribution in [3.8, 4) is 5.75 Å². The fraction of sp³-hybridized carbons (Fsp3) is 0.273. The standard InChI is InChI=1S/C22H24BrN5O2/c1-15-5-3-4-6-18(15)25-21-17(23)14-24-22(27-21)26-19-8-7-16(13-20(19)29-2)28-9-11-30-12-10-28/h3-8,13-14H,9-12H2,1-2H3,(H2,24,25,26,27). The first-order valence-corrected chi connectivity index (χ1v) is 10.6. The predicted molar refractivity (Wildman–Crippen MR) is 124 cm³/mol. The summed E-state index contributed by atoms with van der Waals surface area (Å²) in [7, 11) is 1.66. The molecule has 0 radical (unpaired) electrons. The Hall–Kier alpha value is -2.84. The van der Waals surface area contributed by atoms with Crippen LogP contribution in [0.1, 0.15) is 5.56 Å². The van der Waals surface area contributed by atoms with E-state index in [-0.39, 0.29) is 0 Å². The Morgan fingerprint density at radius 1 is 1.07 bits per heavy atom. The number of hydrogen-bond acceptors (Lipinski definition) is 7. The van der Waals surface area contributed by atoms with E-state index in [0.29, 0.717) is 11.8 Å². The third-order valence-electron chi connectivity index (χ3n) is 4.95. The highest BCUT2D eigenvalue weighted by molar-refractivity contribution is 9.10. The molecule has 0 bridgehead atoms. The van der Waals surface area contributed by atoms with Gasteiger partial charge < -0.3 is 25.0 Å². The van der Waals surface area contributed by atoms with Gasteiger partial charge in [-0.2, -0.15) is 4.98 Å². The molecule has 8 heteroatoms. The van der Waals surface area contributed by atoms with Crippen LogP contribution in [0, 0.1) is 6.92 Å². The van der Waals surface area contributed by atoms with Crippen LogP contribution in [-0.4, -0.2) is 43.4 Å². The van der Waals surface area contributed by atoms with Crippen molar-refractivity contribution in [3.05, 3.63) is 58.7 Å². The van der Waals surface area contributed by atoms with E-state index in [4.69, 9.17) is 9.47 Å². The molecule has 1 fully saturated rings. The third kappa shape index (κ3) is 4.66. The normalized spacial score (nSPS) is 13.8. The number of methoxy groups -OCH3 is 1. The predicted octanol–water partition coefficient (Wildman–Crippen LogP) is 4.88. The molecule has 0 amide bonds. The van der Waals surface area contributed by atoms with E-state index in [1.54, 1.807) is 13.3 Å². The maximum Gasteiger partial charge on any atom is 0.229 e. The zero-order valence-electron chi connectivity index (χ0n) is 17.0. The van der Waals surface area contributed by atoms with Crippen molar-refractivity contribution < 1.29 is 9.47 Å². The van der Waals surface area contributed by atoms with Gasteiger partial charge in [0.15, 0.2) is 0 Å². The van der Waals surface area contributed by atoms with Gasteiger partial charge in [-0.3, -0.25) is 0 Å². The highest BCUT2D eigenvalue weighted by Crippen LogP contribution is 2.33. The Morgan fingerprint density at radius 3 is 2.63 bits per heavy atom. The molecule has 0 unspecified atom stereocenters. The van der Waals surface area contributed by atoms with E-state index in [1.165, 1.54) is 0 Å². The fourth-order valence-corrected chi connectivity index (χ4v) is 3.57. The van der Waals surface area contributed by atoms with Crippen LogP contribution in [0.2, 0.25) is 0 Å². The lowest BCUT2D eigenvalue weighted by molar-refractivity contribution is 0.122. The summed E-state index contributed by atoms with van der Waals surface area (Å²) in [6.45, 7) is 5.29. The zero-order valence-corrected chi connectivity index (χ0v) is 18.6. The minimum atomic E-state index is 0.478. The summed E-state index contributed by atoms with van der Waals surface area (Å²) in [6.07, 6.45) is 1.73. The first-order chi connectivity index (χ1) is 14.6. The second kappa shape index (κ2) is 9.32. The van der Waals surface area contributed by atoms with Crippen molar-refractivity contribution in [1.82, 2.24) is 9.97 Å². The summed E-state index contributed by atoms with van der Waals surface area (Å²) in [5.41, 5.74) is 4.05. The molecule has 2 aromatic carbocycles. The van der Waals surface area contributed by atoms with Gasteiger partial charge in [-0.1, -0.05) is 18.2 Å². The zero-order chi connectivity index (χ0) is 20.9. The van der Waals surface area contributed by atoms with E-state index in [2.05, 4.69) is 60.5 Å². The number of hydrogen-bond donors (Lipinski definition) is 2. The van der Waals surface area contributed by atoms with E-state index >= 15 is 0 Å². The molecule has 2 heterocycles. The lowest BCUT2D eigenvalue weighted by Crippen LogP contribution is -2.36. The molecule has 1 aliphatic heterocycles. The van der Waals surface area contributed by atoms with Gasteiger partial charge in [0.25, 0.3) is 0 Å². The van der Waals surface area contributed by atoms with E-state index in [9.17, 15) is 0 Å². The molecule has 3 aromatic rings. The molecule has 7 nitrogen and oxygen atoms in total. The molecule has 0 aliphatic carbocycles. The number of nitrogens with one attached hydrogen (secondary N) is 2. The van der Waals surface area contributed by atoms with Gasteiger partial charge in [0.2, 0.25) is 5.95 Å². The molecule has 4 rings (SSSR count). The number of nitrogens with zero attached hydrogens (tertiary/aromatic N) is 3. The summed E-state index contributed by atoms with van der Waals surface area (Å²) < 4.78 is 11.8. The average Bonchev–Trinajstić information content (AvgIpc) is 2.78. The van der Waals surface area contributed by atoms with Gasteiger partial charge in [0.05, 0.1) is 30.5 Å². The Bertz CT molecular complexity index is 1020. The van der Waals surface area contributed by atoms with Crippen molar-refractivity contribution in [3.63, 3.8) is 0 Å². The molecule has 1 aliphatic rings. The Morgan fingerprint density at radius 2 is 1.87 bits per heavy atom. The monoisotopic (exact) mass is 469 g/mol. The number of morpholine rings is 1. The van der Waals surface area contributed by atoms with Crippen molar-refractivity contribution in [2.45, 2.75) is 6.92 Å². The van der Waals surface area contributed by atoms with Crippen LogP contribution >= 0.6 is 15.9 Å². The van der Waals surface area contributed by atoms with Gasteiger partial charge in [0, 0.05) is 36.7 Å². The van der Waals surface area contributed by atoms with Crippen LogP contribution in [0.5, 0.6) is 5.75 Å². The highest BCUT2D eigenvalue weighted by atomic mass is 79.9. The van der Waals surface area contributed by atoms with Gasteiger partial charge in [-0.25, -0.2) is 4.98 Å². The number of benzene rings is 2. The summed E-state index contributed by atoms with van der Waals surface area (Å²) in [6, 6.07) is 14.2. The van der Waals surface area contributed by atoms with Gasteiger partial charge in [-0.15, -0.1) is 0 Å². The smallest absolute Gasteiger partial charge is 0.229 e. The summed E-state index contributed by atoms with van der Waals surface area (Å²) in [5.74, 6) is 1.90. The number of ether oxygens (including phenoxy) is 2. The van der Waals surface area contributed by atoms with Crippen LogP contribution < -0.4 is 20.3 Å². The van der Waals surface area contributed by atoms with Crippen molar-refractivity contribution in [1.29, 1.82) is 0 Å². The maximum atomic E-state index is 5.61. The highest BCUT2D eigenvalue weighted by Gasteiger charge is 2.15. The minimum absolute atomic E-state index is 0.478. The molecule has 0 saturated carbocycles. The van der Waals surface area contributed by atoms with Crippen molar-refractivity contribution in [2.75, 3.05) is 48.9 Å². The topological polar surface area (TPSA) is 71.5 Å². The first-order valence-electron chi connectivity index (χ1n) is 9.77. The summed E-state index contributed by atoms with van der Waals surface area (Å²) in [5, 5.41) is 6.63. The number of rotatable bonds is 6. The quantitative estimate of drug-likeness (QED) is 0.532. The molecule has 1 saturated heterocycles. The second-order valence-corrected chi connectivity index (χ2v) is 7.79. The largest absolute Gasteiger partial charge is 0.494 e. The average molecular weight is 470 g/mol. The Balaban J connectivity index is 1.56. The number of aromatic nitrogens is 2. The summed E-state index contributed by atoms with van der Waals surface area (Å²) in [4.78, 5) is 11.3. The molecular weight excluding hydrogens is 446 g/mol. The number of para-hydroxylation sites is 1. The fourth-order valence-electron chi connectivity index (χ4n) is 3.28. The van der Waals surface area contributed by atoms with Crippen LogP contribution in [0.4, 0.5) is 28.8 Å². The Kier molecular flexibility index (Phi) is 6.35. The van der Waals surface area contributed by atoms with Crippen LogP contribution in [-0.2, 0) is 4.74 Å². The van der Waals surface area contributed by atoms with Crippen molar-refractivity contribution >= 4 is 44.8 Å². The lowest BCUT2D eigenvalue weighted by atomic mass is 10.2. The molecule has 156 valence electrons. The van der Waals surface area contributed by atoms with Gasteiger partial charge in [0.1, 0.15) is 11.6 Å². The molecule has 0 spiro atoms. The summed E-state index contributed by atoms with van der Waals surface area (Å²) >= 11 is 3.52. The third-order valence-corrected chi connectivity index (χ3v) is 5.53. The van der Waals surface area contributed by atoms with E-state index in [1.807, 2.05) is 30.3 Å². The maximum absolute atomic E-state index is 5.61. The molecule has 2 N–H and O–H groups in total. The van der Waals surface area contributed by atoms with Crippen molar-refractivity contribution in [2.24, 2.45) is 0 Å². The van der Waals surface area contributed by atoms with Crippen LogP contribution in [0.15, 0.2) is 53.1 Å². The number of halogens is 1. The SMILES string of the molecule is COc1cc(N2CCOCC2)ccc1Nc1ncc(Br)c(Nc2ccccc2C)n1. The minimum Gasteiger partial charge on any atom is -0.494 e. The van der Waals surface area contributed by atoms with Crippen LogP contribution in [0.3, 0.4) is 0 Å². The molecule has 0 atom stereocenters.